The Morgan fingerprint density at radius 3 is 3.09 bits per heavy atom. The Labute approximate surface area is 135 Å². The SMILES string of the molecule is COCCN1C(=O)N[C@@H]2CN(c3nc(C)cc(C#N)n3)CC[C@@H]21. The fraction of sp³-hybridized carbons (Fsp3) is 0.600. The van der Waals surface area contributed by atoms with E-state index in [1.54, 1.807) is 13.2 Å². The Morgan fingerprint density at radius 2 is 2.35 bits per heavy atom. The summed E-state index contributed by atoms with van der Waals surface area (Å²) in [6, 6.07) is 3.91. The standard InChI is InChI=1S/C15H20N6O2/c1-10-7-11(8-16)18-14(17-10)20-4-3-13-12(9-20)19-15(22)21(13)5-6-23-2/h7,12-13H,3-6,9H2,1-2H3,(H,19,22)/t12-,13+/m1/s1. The van der Waals surface area contributed by atoms with Crippen molar-refractivity contribution in [3.63, 3.8) is 0 Å². The van der Waals surface area contributed by atoms with Crippen LogP contribution in [-0.4, -0.2) is 66.3 Å². The van der Waals surface area contributed by atoms with Crippen LogP contribution in [0, 0.1) is 18.3 Å². The number of hydrogen-bond acceptors (Lipinski definition) is 6. The second-order valence-corrected chi connectivity index (χ2v) is 5.85. The van der Waals surface area contributed by atoms with Crippen LogP contribution in [0.1, 0.15) is 17.8 Å². The summed E-state index contributed by atoms with van der Waals surface area (Å²) in [5.74, 6) is 0.560. The molecule has 0 bridgehead atoms. The normalized spacial score (nSPS) is 23.4. The highest BCUT2D eigenvalue weighted by Crippen LogP contribution is 2.25. The number of urea groups is 1. The van der Waals surface area contributed by atoms with Gasteiger partial charge in [-0.2, -0.15) is 5.26 Å². The van der Waals surface area contributed by atoms with Crippen molar-refractivity contribution < 1.29 is 9.53 Å². The summed E-state index contributed by atoms with van der Waals surface area (Å²) >= 11 is 0. The number of carbonyl (C=O) groups is 1. The number of nitrogens with one attached hydrogen (secondary N) is 1. The topological polar surface area (TPSA) is 94.4 Å². The molecule has 0 aliphatic carbocycles. The highest BCUT2D eigenvalue weighted by atomic mass is 16.5. The molecule has 1 aromatic heterocycles. The number of nitriles is 1. The van der Waals surface area contributed by atoms with Gasteiger partial charge in [0.25, 0.3) is 0 Å². The van der Waals surface area contributed by atoms with Gasteiger partial charge in [-0.05, 0) is 19.4 Å². The number of hydrogen-bond donors (Lipinski definition) is 1. The van der Waals surface area contributed by atoms with Crippen LogP contribution < -0.4 is 10.2 Å². The maximum absolute atomic E-state index is 12.1. The number of aryl methyl sites for hydroxylation is 1. The minimum absolute atomic E-state index is 0.0400. The first-order valence-corrected chi connectivity index (χ1v) is 7.69. The van der Waals surface area contributed by atoms with Crippen LogP contribution in [0.25, 0.3) is 0 Å². The van der Waals surface area contributed by atoms with E-state index in [4.69, 9.17) is 10.00 Å². The van der Waals surface area contributed by atoms with Crippen LogP contribution in [0.4, 0.5) is 10.7 Å². The number of amides is 2. The van der Waals surface area contributed by atoms with Crippen molar-refractivity contribution >= 4 is 12.0 Å². The summed E-state index contributed by atoms with van der Waals surface area (Å²) in [5.41, 5.74) is 1.14. The molecule has 8 heteroatoms. The molecule has 2 amide bonds. The highest BCUT2D eigenvalue weighted by molar-refractivity contribution is 5.78. The number of ether oxygens (including phenoxy) is 1. The molecule has 23 heavy (non-hydrogen) atoms. The lowest BCUT2D eigenvalue weighted by molar-refractivity contribution is 0.140. The van der Waals surface area contributed by atoms with E-state index in [0.717, 1.165) is 18.7 Å². The van der Waals surface area contributed by atoms with Gasteiger partial charge < -0.3 is 19.9 Å². The van der Waals surface area contributed by atoms with E-state index in [1.807, 2.05) is 16.7 Å². The molecule has 2 fully saturated rings. The summed E-state index contributed by atoms with van der Waals surface area (Å²) in [6.07, 6.45) is 0.840. The van der Waals surface area contributed by atoms with Gasteiger partial charge in [-0.3, -0.25) is 0 Å². The molecule has 1 aromatic rings. The molecule has 3 rings (SSSR count). The van der Waals surface area contributed by atoms with Crippen molar-refractivity contribution in [1.82, 2.24) is 20.2 Å². The summed E-state index contributed by atoms with van der Waals surface area (Å²) in [4.78, 5) is 24.7. The Kier molecular flexibility index (Phi) is 4.30. The largest absolute Gasteiger partial charge is 0.383 e. The highest BCUT2D eigenvalue weighted by Gasteiger charge is 2.42. The molecule has 0 radical (unpaired) electrons. The Morgan fingerprint density at radius 1 is 1.52 bits per heavy atom. The van der Waals surface area contributed by atoms with Crippen molar-refractivity contribution in [3.8, 4) is 6.07 Å². The predicted molar refractivity (Wildman–Crippen MR) is 83.0 cm³/mol. The molecular weight excluding hydrogens is 296 g/mol. The van der Waals surface area contributed by atoms with Crippen molar-refractivity contribution in [2.24, 2.45) is 0 Å². The fourth-order valence-corrected chi connectivity index (χ4v) is 3.24. The first-order chi connectivity index (χ1) is 11.1. The smallest absolute Gasteiger partial charge is 0.318 e. The van der Waals surface area contributed by atoms with E-state index in [1.165, 1.54) is 0 Å². The molecule has 2 saturated heterocycles. The first-order valence-electron chi connectivity index (χ1n) is 7.69. The van der Waals surface area contributed by atoms with E-state index in [-0.39, 0.29) is 18.1 Å². The van der Waals surface area contributed by atoms with Gasteiger partial charge in [0.05, 0.1) is 18.7 Å². The monoisotopic (exact) mass is 316 g/mol. The van der Waals surface area contributed by atoms with Gasteiger partial charge in [-0.1, -0.05) is 0 Å². The molecule has 2 atom stereocenters. The molecule has 2 aliphatic heterocycles. The number of rotatable bonds is 4. The molecule has 0 unspecified atom stereocenters. The van der Waals surface area contributed by atoms with Gasteiger partial charge in [0.15, 0.2) is 0 Å². The van der Waals surface area contributed by atoms with E-state index in [9.17, 15) is 4.79 Å². The number of nitrogens with zero attached hydrogens (tertiary/aromatic N) is 5. The molecule has 2 aliphatic rings. The Balaban J connectivity index is 1.73. The summed E-state index contributed by atoms with van der Waals surface area (Å²) < 4.78 is 5.08. The number of methoxy groups -OCH3 is 1. The second-order valence-electron chi connectivity index (χ2n) is 5.85. The third kappa shape index (κ3) is 3.05. The molecule has 1 N–H and O–H groups in total. The Bertz CT molecular complexity index is 643. The lowest BCUT2D eigenvalue weighted by Gasteiger charge is -2.36. The van der Waals surface area contributed by atoms with E-state index in [2.05, 4.69) is 21.4 Å². The number of fused-ring (bicyclic) bond motifs is 1. The van der Waals surface area contributed by atoms with Crippen molar-refractivity contribution in [2.75, 3.05) is 38.3 Å². The van der Waals surface area contributed by atoms with Crippen LogP contribution in [0.5, 0.6) is 0 Å². The maximum atomic E-state index is 12.1. The molecule has 3 heterocycles. The third-order valence-electron chi connectivity index (χ3n) is 4.32. The van der Waals surface area contributed by atoms with Gasteiger partial charge in [0, 0.05) is 32.4 Å². The first kappa shape index (κ1) is 15.5. The van der Waals surface area contributed by atoms with Crippen LogP contribution in [0.3, 0.4) is 0 Å². The van der Waals surface area contributed by atoms with Crippen molar-refractivity contribution in [1.29, 1.82) is 5.26 Å². The fourth-order valence-electron chi connectivity index (χ4n) is 3.24. The molecular formula is C15H20N6O2. The van der Waals surface area contributed by atoms with E-state index >= 15 is 0 Å². The molecule has 122 valence electrons. The minimum Gasteiger partial charge on any atom is -0.383 e. The van der Waals surface area contributed by atoms with Crippen LogP contribution in [0.2, 0.25) is 0 Å². The van der Waals surface area contributed by atoms with Crippen LogP contribution in [-0.2, 0) is 4.74 Å². The number of anilines is 1. The van der Waals surface area contributed by atoms with Gasteiger partial charge in [-0.25, -0.2) is 14.8 Å². The summed E-state index contributed by atoms with van der Waals surface area (Å²) in [7, 11) is 1.63. The molecule has 0 saturated carbocycles. The summed E-state index contributed by atoms with van der Waals surface area (Å²) in [6.45, 7) is 4.39. The molecule has 0 spiro atoms. The average molecular weight is 316 g/mol. The third-order valence-corrected chi connectivity index (χ3v) is 4.32. The van der Waals surface area contributed by atoms with Gasteiger partial charge >= 0.3 is 6.03 Å². The van der Waals surface area contributed by atoms with Crippen molar-refractivity contribution in [3.05, 3.63) is 17.5 Å². The number of piperidine rings is 1. The van der Waals surface area contributed by atoms with Crippen molar-refractivity contribution in [2.45, 2.75) is 25.4 Å². The van der Waals surface area contributed by atoms with Gasteiger partial charge in [0.2, 0.25) is 5.95 Å². The zero-order valence-corrected chi connectivity index (χ0v) is 13.3. The second kappa shape index (κ2) is 6.38. The predicted octanol–water partition coefficient (Wildman–Crippen LogP) is 0.276. The van der Waals surface area contributed by atoms with Gasteiger partial charge in [-0.15, -0.1) is 0 Å². The lowest BCUT2D eigenvalue weighted by Crippen LogP contribution is -2.52. The number of carbonyl (C=O) groups excluding carboxylic acids is 1. The minimum atomic E-state index is -0.0400. The lowest BCUT2D eigenvalue weighted by atomic mass is 10.0. The van der Waals surface area contributed by atoms with Crippen LogP contribution in [0.15, 0.2) is 6.07 Å². The quantitative estimate of drug-likeness (QED) is 0.857. The van der Waals surface area contributed by atoms with Crippen LogP contribution >= 0.6 is 0 Å². The molecule has 8 nitrogen and oxygen atoms in total. The summed E-state index contributed by atoms with van der Waals surface area (Å²) in [5, 5.41) is 12.1. The maximum Gasteiger partial charge on any atom is 0.318 e. The number of aromatic nitrogens is 2. The van der Waals surface area contributed by atoms with Gasteiger partial charge in [0.1, 0.15) is 11.8 Å². The zero-order valence-electron chi connectivity index (χ0n) is 13.3. The Hall–Kier alpha value is -2.40. The average Bonchev–Trinajstić information content (AvgIpc) is 2.86. The molecule has 0 aromatic carbocycles. The zero-order chi connectivity index (χ0) is 16.4. The van der Waals surface area contributed by atoms with E-state index < -0.39 is 0 Å². The van der Waals surface area contributed by atoms with E-state index in [0.29, 0.717) is 31.3 Å².